The van der Waals surface area contributed by atoms with Crippen molar-refractivity contribution in [2.45, 2.75) is 26.3 Å². The largest absolute Gasteiger partial charge is 0.381 e. The number of benzene rings is 2. The fraction of sp³-hybridized carbons (Fsp3) is 0.318. The first kappa shape index (κ1) is 17.7. The van der Waals surface area contributed by atoms with Gasteiger partial charge in [-0.2, -0.15) is 0 Å². The first-order valence-electron chi connectivity index (χ1n) is 9.23. The first-order chi connectivity index (χ1) is 12.9. The van der Waals surface area contributed by atoms with Crippen molar-refractivity contribution in [2.24, 2.45) is 5.92 Å². The molecule has 0 aliphatic carbocycles. The standard InChI is InChI=1S/C22H22F2N2O/c1-13-10-15(14(2)27)6-7-21(13)26-9-8-19-16(12-26)11-20(25-19)22-17(23)4-3-5-18(22)24/h3-7,10-11,16,19,25H,8-9,12H2,1-2H3. The van der Waals surface area contributed by atoms with E-state index in [9.17, 15) is 13.6 Å². The second-order valence-corrected chi connectivity index (χ2v) is 7.38. The van der Waals surface area contributed by atoms with Gasteiger partial charge in [0.2, 0.25) is 0 Å². The van der Waals surface area contributed by atoms with Crippen LogP contribution in [-0.2, 0) is 0 Å². The van der Waals surface area contributed by atoms with Crippen molar-refractivity contribution in [1.82, 2.24) is 5.32 Å². The van der Waals surface area contributed by atoms with Crippen molar-refractivity contribution in [3.05, 3.63) is 70.8 Å². The molecule has 2 atom stereocenters. The van der Waals surface area contributed by atoms with Crippen LogP contribution in [0.5, 0.6) is 0 Å². The summed E-state index contributed by atoms with van der Waals surface area (Å²) < 4.78 is 28.2. The lowest BCUT2D eigenvalue weighted by molar-refractivity contribution is 0.101. The number of anilines is 1. The van der Waals surface area contributed by atoms with E-state index in [-0.39, 0.29) is 23.3 Å². The minimum atomic E-state index is -0.542. The summed E-state index contributed by atoms with van der Waals surface area (Å²) >= 11 is 0. The van der Waals surface area contributed by atoms with Gasteiger partial charge in [-0.05, 0) is 56.2 Å². The molecule has 0 radical (unpaired) electrons. The highest BCUT2D eigenvalue weighted by molar-refractivity contribution is 5.94. The zero-order valence-corrected chi connectivity index (χ0v) is 15.4. The van der Waals surface area contributed by atoms with Crippen LogP contribution in [0, 0.1) is 24.5 Å². The number of carbonyl (C=O) groups excluding carboxylic acids is 1. The molecule has 140 valence electrons. The molecule has 3 nitrogen and oxygen atoms in total. The van der Waals surface area contributed by atoms with Crippen LogP contribution < -0.4 is 10.2 Å². The van der Waals surface area contributed by atoms with E-state index >= 15 is 0 Å². The summed E-state index contributed by atoms with van der Waals surface area (Å²) in [4.78, 5) is 13.9. The van der Waals surface area contributed by atoms with Gasteiger partial charge in [-0.25, -0.2) is 8.78 Å². The first-order valence-corrected chi connectivity index (χ1v) is 9.23. The number of carbonyl (C=O) groups is 1. The topological polar surface area (TPSA) is 32.3 Å². The van der Waals surface area contributed by atoms with Gasteiger partial charge in [-0.1, -0.05) is 12.1 Å². The Labute approximate surface area is 157 Å². The molecular formula is C22H22F2N2O. The molecule has 0 bridgehead atoms. The Hall–Kier alpha value is -2.69. The van der Waals surface area contributed by atoms with Crippen LogP contribution in [0.4, 0.5) is 14.5 Å². The molecular weight excluding hydrogens is 346 g/mol. The summed E-state index contributed by atoms with van der Waals surface area (Å²) in [6.45, 7) is 5.21. The third-order valence-corrected chi connectivity index (χ3v) is 5.56. The number of piperidine rings is 1. The van der Waals surface area contributed by atoms with E-state index in [2.05, 4.69) is 10.2 Å². The van der Waals surface area contributed by atoms with Crippen molar-refractivity contribution < 1.29 is 13.6 Å². The molecule has 4 rings (SSSR count). The number of fused-ring (bicyclic) bond motifs is 1. The van der Waals surface area contributed by atoms with Crippen LogP contribution >= 0.6 is 0 Å². The van der Waals surface area contributed by atoms with Gasteiger partial charge in [-0.3, -0.25) is 4.79 Å². The van der Waals surface area contributed by atoms with Crippen molar-refractivity contribution in [1.29, 1.82) is 0 Å². The molecule has 0 aromatic heterocycles. The maximum atomic E-state index is 14.1. The zero-order chi connectivity index (χ0) is 19.1. The molecule has 1 saturated heterocycles. The third-order valence-electron chi connectivity index (χ3n) is 5.56. The van der Waals surface area contributed by atoms with Crippen LogP contribution in [0.25, 0.3) is 5.70 Å². The second-order valence-electron chi connectivity index (χ2n) is 7.38. The fourth-order valence-corrected chi connectivity index (χ4v) is 4.15. The number of nitrogens with zero attached hydrogens (tertiary/aromatic N) is 1. The lowest BCUT2D eigenvalue weighted by Gasteiger charge is -2.37. The van der Waals surface area contributed by atoms with Crippen molar-refractivity contribution in [3.8, 4) is 0 Å². The summed E-state index contributed by atoms with van der Waals surface area (Å²) in [6, 6.07) is 9.92. The number of hydrogen-bond donors (Lipinski definition) is 1. The lowest BCUT2D eigenvalue weighted by Crippen LogP contribution is -2.45. The Balaban J connectivity index is 1.58. The molecule has 1 N–H and O–H groups in total. The van der Waals surface area contributed by atoms with Gasteiger partial charge in [0, 0.05) is 42.0 Å². The quantitative estimate of drug-likeness (QED) is 0.819. The van der Waals surface area contributed by atoms with E-state index in [1.165, 1.54) is 18.2 Å². The predicted octanol–water partition coefficient (Wildman–Crippen LogP) is 4.32. The highest BCUT2D eigenvalue weighted by atomic mass is 19.1. The number of Topliss-reactive ketones (excluding diaryl/α,β-unsaturated/α-hetero) is 1. The van der Waals surface area contributed by atoms with E-state index < -0.39 is 11.6 Å². The SMILES string of the molecule is CC(=O)c1ccc(N2CCC3NC(c4c(F)cccc4F)=CC3C2)c(C)c1. The van der Waals surface area contributed by atoms with Crippen LogP contribution in [-0.4, -0.2) is 24.9 Å². The van der Waals surface area contributed by atoms with Crippen LogP contribution in [0.1, 0.15) is 34.8 Å². The Morgan fingerprint density at radius 1 is 1.19 bits per heavy atom. The van der Waals surface area contributed by atoms with Gasteiger partial charge >= 0.3 is 0 Å². The molecule has 2 heterocycles. The van der Waals surface area contributed by atoms with E-state index in [4.69, 9.17) is 0 Å². The molecule has 2 unspecified atom stereocenters. The highest BCUT2D eigenvalue weighted by Crippen LogP contribution is 2.34. The van der Waals surface area contributed by atoms with Gasteiger partial charge in [0.15, 0.2) is 5.78 Å². The summed E-state index contributed by atoms with van der Waals surface area (Å²) in [5.74, 6) is -0.845. The van der Waals surface area contributed by atoms with Crippen molar-refractivity contribution in [2.75, 3.05) is 18.0 Å². The summed E-state index contributed by atoms with van der Waals surface area (Å²) in [5, 5.41) is 3.31. The molecule has 1 fully saturated rings. The van der Waals surface area contributed by atoms with Gasteiger partial charge in [0.25, 0.3) is 0 Å². The van der Waals surface area contributed by atoms with Gasteiger partial charge in [-0.15, -0.1) is 0 Å². The van der Waals surface area contributed by atoms with Crippen LogP contribution in [0.2, 0.25) is 0 Å². The Morgan fingerprint density at radius 2 is 1.93 bits per heavy atom. The number of rotatable bonds is 3. The number of nitrogens with one attached hydrogen (secondary N) is 1. The Morgan fingerprint density at radius 3 is 2.59 bits per heavy atom. The second kappa shape index (κ2) is 6.80. The molecule has 0 spiro atoms. The molecule has 0 amide bonds. The normalized spacial score (nSPS) is 21.5. The lowest BCUT2D eigenvalue weighted by atomic mass is 9.93. The monoisotopic (exact) mass is 368 g/mol. The minimum Gasteiger partial charge on any atom is -0.381 e. The number of hydrogen-bond acceptors (Lipinski definition) is 3. The van der Waals surface area contributed by atoms with Crippen LogP contribution in [0.15, 0.2) is 42.5 Å². The average molecular weight is 368 g/mol. The Kier molecular flexibility index (Phi) is 4.46. The van der Waals surface area contributed by atoms with Gasteiger partial charge < -0.3 is 10.2 Å². The van der Waals surface area contributed by atoms with Crippen molar-refractivity contribution >= 4 is 17.2 Å². The summed E-state index contributed by atoms with van der Waals surface area (Å²) in [5.41, 5.74) is 3.46. The van der Waals surface area contributed by atoms with Crippen LogP contribution in [0.3, 0.4) is 0 Å². The molecule has 0 saturated carbocycles. The molecule has 2 aromatic rings. The van der Waals surface area contributed by atoms with E-state index in [1.54, 1.807) is 6.92 Å². The third kappa shape index (κ3) is 3.22. The maximum absolute atomic E-state index is 14.1. The predicted molar refractivity (Wildman–Crippen MR) is 103 cm³/mol. The number of ketones is 1. The summed E-state index contributed by atoms with van der Waals surface area (Å²) in [6.07, 6.45) is 2.84. The van der Waals surface area contributed by atoms with E-state index in [0.717, 1.165) is 30.8 Å². The molecule has 27 heavy (non-hydrogen) atoms. The molecule has 5 heteroatoms. The van der Waals surface area contributed by atoms with Crippen molar-refractivity contribution in [3.63, 3.8) is 0 Å². The maximum Gasteiger partial charge on any atom is 0.159 e. The van der Waals surface area contributed by atoms with E-state index in [1.807, 2.05) is 31.2 Å². The average Bonchev–Trinajstić information content (AvgIpc) is 3.04. The smallest absolute Gasteiger partial charge is 0.159 e. The molecule has 2 aliphatic rings. The Bertz CT molecular complexity index is 918. The number of aryl methyl sites for hydroxylation is 1. The number of halogens is 2. The molecule has 2 aromatic carbocycles. The summed E-state index contributed by atoms with van der Waals surface area (Å²) in [7, 11) is 0. The fourth-order valence-electron chi connectivity index (χ4n) is 4.15. The highest BCUT2D eigenvalue weighted by Gasteiger charge is 2.34. The van der Waals surface area contributed by atoms with Gasteiger partial charge in [0.1, 0.15) is 11.6 Å². The van der Waals surface area contributed by atoms with E-state index in [0.29, 0.717) is 11.3 Å². The minimum absolute atomic E-state index is 0.0282. The van der Waals surface area contributed by atoms with Gasteiger partial charge in [0.05, 0.1) is 5.56 Å². The molecule has 2 aliphatic heterocycles. The zero-order valence-electron chi connectivity index (χ0n) is 15.4.